The molecule has 0 spiro atoms. The fraction of sp³-hybridized carbons (Fsp3) is 0.429. The summed E-state index contributed by atoms with van der Waals surface area (Å²) >= 11 is 0. The van der Waals surface area contributed by atoms with Gasteiger partial charge in [-0.3, -0.25) is 24.1 Å². The maximum Gasteiger partial charge on any atom is 0.253 e. The SMILES string of the molecule is CC[C@H](C)[C@H](NC(=O)c1ccccc1)C(=O)N[C@H]1COc2cccc3c2N(C1=O)[C@H](C(=O)NCC1CNNN1)C3. The highest BCUT2D eigenvalue weighted by molar-refractivity contribution is 6.08. The molecule has 1 unspecified atom stereocenters. The van der Waals surface area contributed by atoms with E-state index in [1.54, 1.807) is 30.3 Å². The molecule has 12 nitrogen and oxygen atoms in total. The summed E-state index contributed by atoms with van der Waals surface area (Å²) in [5.74, 6) is -1.30. The van der Waals surface area contributed by atoms with Crippen molar-refractivity contribution in [1.82, 2.24) is 32.3 Å². The van der Waals surface area contributed by atoms with Crippen LogP contribution in [0.25, 0.3) is 0 Å². The van der Waals surface area contributed by atoms with E-state index in [1.807, 2.05) is 32.0 Å². The number of hydrazine groups is 2. The Morgan fingerprint density at radius 3 is 2.65 bits per heavy atom. The highest BCUT2D eigenvalue weighted by Gasteiger charge is 2.45. The molecule has 1 saturated heterocycles. The van der Waals surface area contributed by atoms with Crippen molar-refractivity contribution in [2.75, 3.05) is 24.6 Å². The number of carbonyl (C=O) groups excluding carboxylic acids is 4. The summed E-state index contributed by atoms with van der Waals surface area (Å²) in [6.07, 6.45) is 0.967. The van der Waals surface area contributed by atoms with E-state index in [1.165, 1.54) is 4.90 Å². The van der Waals surface area contributed by atoms with Gasteiger partial charge in [0.1, 0.15) is 30.5 Å². The summed E-state index contributed by atoms with van der Waals surface area (Å²) in [6.45, 7) is 4.70. The number of hydrogen-bond donors (Lipinski definition) is 6. The summed E-state index contributed by atoms with van der Waals surface area (Å²) in [5.41, 5.74) is 10.6. The lowest BCUT2D eigenvalue weighted by molar-refractivity contribution is -0.131. The minimum Gasteiger partial charge on any atom is -0.489 e. The van der Waals surface area contributed by atoms with Crippen molar-refractivity contribution >= 4 is 29.3 Å². The first kappa shape index (κ1) is 27.6. The number of rotatable bonds is 9. The molecule has 6 N–H and O–H groups in total. The summed E-state index contributed by atoms with van der Waals surface area (Å²) in [7, 11) is 0. The van der Waals surface area contributed by atoms with E-state index in [0.29, 0.717) is 42.9 Å². The third-order valence-corrected chi connectivity index (χ3v) is 7.66. The minimum atomic E-state index is -1.05. The summed E-state index contributed by atoms with van der Waals surface area (Å²) in [4.78, 5) is 55.1. The lowest BCUT2D eigenvalue weighted by atomic mass is 9.97. The number of para-hydroxylation sites is 1. The maximum atomic E-state index is 13.9. The van der Waals surface area contributed by atoms with Crippen LogP contribution in [0.5, 0.6) is 5.75 Å². The molecule has 0 aliphatic carbocycles. The highest BCUT2D eigenvalue weighted by atomic mass is 16.5. The van der Waals surface area contributed by atoms with Crippen LogP contribution < -0.4 is 42.0 Å². The molecule has 0 saturated carbocycles. The Balaban J connectivity index is 1.33. The molecule has 4 amide bonds. The Morgan fingerprint density at radius 1 is 1.12 bits per heavy atom. The van der Waals surface area contributed by atoms with Crippen LogP contribution in [-0.4, -0.2) is 67.5 Å². The van der Waals surface area contributed by atoms with Gasteiger partial charge >= 0.3 is 0 Å². The largest absolute Gasteiger partial charge is 0.489 e. The average Bonchev–Trinajstić information content (AvgIpc) is 3.61. The van der Waals surface area contributed by atoms with E-state index in [0.717, 1.165) is 5.56 Å². The van der Waals surface area contributed by atoms with Crippen molar-refractivity contribution in [1.29, 1.82) is 0 Å². The van der Waals surface area contributed by atoms with Gasteiger partial charge < -0.3 is 20.7 Å². The Kier molecular flexibility index (Phi) is 8.29. The molecule has 3 aliphatic rings. The number of ether oxygens (including phenoxy) is 1. The Labute approximate surface area is 232 Å². The second-order valence-corrected chi connectivity index (χ2v) is 10.4. The molecule has 12 heteroatoms. The third kappa shape index (κ3) is 5.64. The standard InChI is InChI=1S/C28H35N7O5/c1-3-16(2)23(32-25(36)17-8-5-4-6-9-17)27(38)31-20-15-40-22-11-7-10-18-12-21(35(24(18)22)28(20)39)26(37)29-13-19-14-30-34-33-19/h4-11,16,19-21,23,30,33-34H,3,12-15H2,1-2H3,(H,29,37)(H,31,38)(H,32,36)/t16-,19?,20-,21-,23-/m0/s1. The fourth-order valence-corrected chi connectivity index (χ4v) is 5.19. The predicted molar refractivity (Wildman–Crippen MR) is 147 cm³/mol. The first-order valence-electron chi connectivity index (χ1n) is 13.6. The summed E-state index contributed by atoms with van der Waals surface area (Å²) in [6, 6.07) is 11.4. The van der Waals surface area contributed by atoms with Crippen molar-refractivity contribution < 1.29 is 23.9 Å². The lowest BCUT2D eigenvalue weighted by Gasteiger charge is -2.29. The van der Waals surface area contributed by atoms with Crippen LogP contribution in [-0.2, 0) is 20.8 Å². The van der Waals surface area contributed by atoms with Crippen molar-refractivity contribution in [2.24, 2.45) is 5.92 Å². The van der Waals surface area contributed by atoms with Crippen LogP contribution in [0.2, 0.25) is 0 Å². The van der Waals surface area contributed by atoms with Gasteiger partial charge in [0.05, 0.1) is 11.7 Å². The van der Waals surface area contributed by atoms with Crippen LogP contribution >= 0.6 is 0 Å². The molecule has 1 fully saturated rings. The van der Waals surface area contributed by atoms with Crippen LogP contribution in [0.1, 0.15) is 36.2 Å². The van der Waals surface area contributed by atoms with Crippen LogP contribution in [0.3, 0.4) is 0 Å². The number of hydrogen-bond acceptors (Lipinski definition) is 8. The van der Waals surface area contributed by atoms with Gasteiger partial charge in [0.15, 0.2) is 0 Å². The van der Waals surface area contributed by atoms with E-state index in [2.05, 4.69) is 32.3 Å². The Morgan fingerprint density at radius 2 is 1.93 bits per heavy atom. The van der Waals surface area contributed by atoms with E-state index < -0.39 is 29.9 Å². The van der Waals surface area contributed by atoms with Gasteiger partial charge in [0, 0.05) is 25.1 Å². The molecule has 5 rings (SSSR count). The topological polar surface area (TPSA) is 153 Å². The predicted octanol–water partition coefficient (Wildman–Crippen LogP) is -0.237. The van der Waals surface area contributed by atoms with E-state index >= 15 is 0 Å². The quantitative estimate of drug-likeness (QED) is 0.251. The minimum absolute atomic E-state index is 0.00193. The van der Waals surface area contributed by atoms with Gasteiger partial charge in [0.25, 0.3) is 11.8 Å². The Bertz CT molecular complexity index is 1270. The van der Waals surface area contributed by atoms with Crippen molar-refractivity contribution in [2.45, 2.75) is 50.9 Å². The molecular weight excluding hydrogens is 514 g/mol. The molecule has 0 radical (unpaired) electrons. The molecule has 0 aromatic heterocycles. The van der Waals surface area contributed by atoms with Gasteiger partial charge in [0.2, 0.25) is 11.8 Å². The lowest BCUT2D eigenvalue weighted by Crippen LogP contribution is -2.59. The average molecular weight is 550 g/mol. The number of nitrogens with zero attached hydrogens (tertiary/aromatic N) is 1. The first-order chi connectivity index (χ1) is 19.4. The second kappa shape index (κ2) is 12.0. The van der Waals surface area contributed by atoms with E-state index in [4.69, 9.17) is 4.74 Å². The van der Waals surface area contributed by atoms with Gasteiger partial charge in [-0.25, -0.2) is 10.9 Å². The molecular formula is C28H35N7O5. The first-order valence-corrected chi connectivity index (χ1v) is 13.6. The number of amides is 4. The number of nitrogens with one attached hydrogen (secondary N) is 6. The third-order valence-electron chi connectivity index (χ3n) is 7.66. The second-order valence-electron chi connectivity index (χ2n) is 10.4. The fourth-order valence-electron chi connectivity index (χ4n) is 5.19. The molecule has 0 bridgehead atoms. The highest BCUT2D eigenvalue weighted by Crippen LogP contribution is 2.42. The molecule has 3 aliphatic heterocycles. The monoisotopic (exact) mass is 549 g/mol. The van der Waals surface area contributed by atoms with Gasteiger partial charge in [-0.05, 0) is 29.7 Å². The van der Waals surface area contributed by atoms with E-state index in [-0.39, 0.29) is 30.4 Å². The smallest absolute Gasteiger partial charge is 0.253 e. The van der Waals surface area contributed by atoms with Crippen molar-refractivity contribution in [3.8, 4) is 5.75 Å². The zero-order valence-corrected chi connectivity index (χ0v) is 22.5. The summed E-state index contributed by atoms with van der Waals surface area (Å²) < 4.78 is 5.99. The van der Waals surface area contributed by atoms with Gasteiger partial charge in [-0.1, -0.05) is 50.6 Å². The molecule has 3 heterocycles. The van der Waals surface area contributed by atoms with Crippen molar-refractivity contribution in [3.63, 3.8) is 0 Å². The van der Waals surface area contributed by atoms with Crippen molar-refractivity contribution in [3.05, 3.63) is 59.7 Å². The van der Waals surface area contributed by atoms with Crippen LogP contribution in [0.15, 0.2) is 48.5 Å². The summed E-state index contributed by atoms with van der Waals surface area (Å²) in [5, 5.41) is 8.57. The van der Waals surface area contributed by atoms with Gasteiger partial charge in [-0.2, -0.15) is 5.53 Å². The zero-order chi connectivity index (χ0) is 28.2. The molecule has 40 heavy (non-hydrogen) atoms. The maximum absolute atomic E-state index is 13.9. The van der Waals surface area contributed by atoms with E-state index in [9.17, 15) is 19.2 Å². The zero-order valence-electron chi connectivity index (χ0n) is 22.5. The number of anilines is 1. The molecule has 2 aromatic rings. The Hall–Kier alpha value is -4.00. The van der Waals surface area contributed by atoms with Gasteiger partial charge in [-0.15, -0.1) is 0 Å². The molecule has 5 atom stereocenters. The molecule has 2 aromatic carbocycles. The molecule has 212 valence electrons. The van der Waals surface area contributed by atoms with Crippen LogP contribution in [0, 0.1) is 5.92 Å². The number of carbonyl (C=O) groups is 4. The number of benzene rings is 2. The normalized spacial score (nSPS) is 22.9. The van der Waals surface area contributed by atoms with Crippen LogP contribution in [0.4, 0.5) is 5.69 Å².